The summed E-state index contributed by atoms with van der Waals surface area (Å²) in [7, 11) is 0. The van der Waals surface area contributed by atoms with Crippen molar-refractivity contribution >= 4 is 24.2 Å². The van der Waals surface area contributed by atoms with Gasteiger partial charge in [0.25, 0.3) is 0 Å². The molecule has 1 aliphatic rings. The molecule has 2 unspecified atom stereocenters. The highest BCUT2D eigenvalue weighted by molar-refractivity contribution is 5.85. The summed E-state index contributed by atoms with van der Waals surface area (Å²) in [5.74, 6) is 0.304. The van der Waals surface area contributed by atoms with E-state index in [1.807, 2.05) is 32.6 Å². The average molecular weight is 378 g/mol. The van der Waals surface area contributed by atoms with Gasteiger partial charge in [-0.05, 0) is 39.0 Å². The fourth-order valence-corrected chi connectivity index (χ4v) is 2.82. The Morgan fingerprint density at radius 2 is 1.84 bits per heavy atom. The maximum absolute atomic E-state index is 12.4. The molecule has 0 bridgehead atoms. The second kappa shape index (κ2) is 12.5. The van der Waals surface area contributed by atoms with Gasteiger partial charge in [-0.3, -0.25) is 9.59 Å². The van der Waals surface area contributed by atoms with Gasteiger partial charge in [-0.2, -0.15) is 0 Å². The minimum absolute atomic E-state index is 0. The Morgan fingerprint density at radius 3 is 2.36 bits per heavy atom. The molecule has 0 radical (unpaired) electrons. The number of ether oxygens (including phenoxy) is 1. The van der Waals surface area contributed by atoms with Gasteiger partial charge < -0.3 is 20.7 Å². The molecule has 0 spiro atoms. The van der Waals surface area contributed by atoms with Crippen LogP contribution in [0.2, 0.25) is 0 Å². The zero-order valence-corrected chi connectivity index (χ0v) is 16.9. The summed E-state index contributed by atoms with van der Waals surface area (Å²) >= 11 is 0. The van der Waals surface area contributed by atoms with E-state index < -0.39 is 6.04 Å². The van der Waals surface area contributed by atoms with Crippen molar-refractivity contribution in [1.82, 2.24) is 10.2 Å². The van der Waals surface area contributed by atoms with E-state index in [1.165, 1.54) is 0 Å². The number of piperidine rings is 1. The third-order valence-corrected chi connectivity index (χ3v) is 4.79. The van der Waals surface area contributed by atoms with E-state index in [4.69, 9.17) is 10.5 Å². The molecule has 0 saturated carbocycles. The number of carbonyl (C=O) groups excluding carboxylic acids is 2. The topological polar surface area (TPSA) is 84.7 Å². The third kappa shape index (κ3) is 8.38. The lowest BCUT2D eigenvalue weighted by Gasteiger charge is -2.34. The number of nitrogens with two attached hydrogens (primary N) is 1. The van der Waals surface area contributed by atoms with Gasteiger partial charge >= 0.3 is 0 Å². The standard InChI is InChI=1S/C18H35N3O3.ClH/c1-5-14(4)16(19)18(23)21-10-7-15(8-11-21)17(22)20-9-6-12-24-13(2)3;/h13-16H,5-12,19H2,1-4H3,(H,20,22);1H. The van der Waals surface area contributed by atoms with Gasteiger partial charge in [-0.25, -0.2) is 0 Å². The van der Waals surface area contributed by atoms with E-state index in [1.54, 1.807) is 0 Å². The van der Waals surface area contributed by atoms with Gasteiger partial charge in [0.2, 0.25) is 11.8 Å². The highest BCUT2D eigenvalue weighted by Crippen LogP contribution is 2.19. The number of likely N-dealkylation sites (tertiary alicyclic amines) is 1. The van der Waals surface area contributed by atoms with Crippen LogP contribution in [0.3, 0.4) is 0 Å². The zero-order valence-electron chi connectivity index (χ0n) is 16.1. The van der Waals surface area contributed by atoms with Crippen LogP contribution in [0.5, 0.6) is 0 Å². The number of hydrogen-bond acceptors (Lipinski definition) is 4. The molecule has 1 heterocycles. The number of rotatable bonds is 9. The van der Waals surface area contributed by atoms with Gasteiger partial charge in [0.05, 0.1) is 12.1 Å². The molecular weight excluding hydrogens is 342 g/mol. The second-order valence-corrected chi connectivity index (χ2v) is 7.08. The monoisotopic (exact) mass is 377 g/mol. The van der Waals surface area contributed by atoms with Crippen molar-refractivity contribution in [1.29, 1.82) is 0 Å². The maximum Gasteiger partial charge on any atom is 0.239 e. The lowest BCUT2D eigenvalue weighted by molar-refractivity contribution is -0.137. The second-order valence-electron chi connectivity index (χ2n) is 7.08. The molecule has 0 aromatic heterocycles. The lowest BCUT2D eigenvalue weighted by Crippen LogP contribution is -2.50. The molecule has 3 N–H and O–H groups in total. The Balaban J connectivity index is 0.00000576. The smallest absolute Gasteiger partial charge is 0.239 e. The van der Waals surface area contributed by atoms with Crippen molar-refractivity contribution in [3.05, 3.63) is 0 Å². The molecular formula is C18H36ClN3O3. The molecule has 6 nitrogen and oxygen atoms in total. The first-order valence-corrected chi connectivity index (χ1v) is 9.30. The first-order valence-electron chi connectivity index (χ1n) is 9.30. The lowest BCUT2D eigenvalue weighted by atomic mass is 9.93. The predicted molar refractivity (Wildman–Crippen MR) is 103 cm³/mol. The molecule has 1 saturated heterocycles. The van der Waals surface area contributed by atoms with E-state index in [0.29, 0.717) is 39.1 Å². The van der Waals surface area contributed by atoms with E-state index in [0.717, 1.165) is 12.8 Å². The average Bonchev–Trinajstić information content (AvgIpc) is 2.59. The van der Waals surface area contributed by atoms with Crippen molar-refractivity contribution in [2.75, 3.05) is 26.2 Å². The summed E-state index contributed by atoms with van der Waals surface area (Å²) in [6.07, 6.45) is 3.38. The van der Waals surface area contributed by atoms with Crippen LogP contribution in [0.25, 0.3) is 0 Å². The first-order chi connectivity index (χ1) is 11.4. The Labute approximate surface area is 158 Å². The molecule has 0 aromatic carbocycles. The normalized spacial score (nSPS) is 17.8. The van der Waals surface area contributed by atoms with Crippen molar-refractivity contribution in [2.45, 2.75) is 65.5 Å². The van der Waals surface area contributed by atoms with Gasteiger partial charge in [-0.15, -0.1) is 12.4 Å². The van der Waals surface area contributed by atoms with Crippen LogP contribution in [0, 0.1) is 11.8 Å². The van der Waals surface area contributed by atoms with Crippen molar-refractivity contribution in [3.63, 3.8) is 0 Å². The Bertz CT molecular complexity index is 399. The minimum Gasteiger partial charge on any atom is -0.379 e. The molecule has 0 aromatic rings. The number of hydrogen-bond donors (Lipinski definition) is 2. The van der Waals surface area contributed by atoms with E-state index >= 15 is 0 Å². The number of carbonyl (C=O) groups is 2. The molecule has 1 rings (SSSR count). The van der Waals surface area contributed by atoms with E-state index in [2.05, 4.69) is 5.32 Å². The van der Waals surface area contributed by atoms with Crippen molar-refractivity contribution in [2.24, 2.45) is 17.6 Å². The van der Waals surface area contributed by atoms with Crippen LogP contribution in [-0.2, 0) is 14.3 Å². The van der Waals surface area contributed by atoms with Gasteiger partial charge in [-0.1, -0.05) is 20.3 Å². The minimum atomic E-state index is -0.429. The van der Waals surface area contributed by atoms with Crippen molar-refractivity contribution < 1.29 is 14.3 Å². The third-order valence-electron chi connectivity index (χ3n) is 4.79. The van der Waals surface area contributed by atoms with E-state index in [9.17, 15) is 9.59 Å². The largest absolute Gasteiger partial charge is 0.379 e. The van der Waals surface area contributed by atoms with Crippen LogP contribution in [0.1, 0.15) is 53.4 Å². The first kappa shape index (κ1) is 24.1. The highest BCUT2D eigenvalue weighted by Gasteiger charge is 2.30. The number of nitrogens with one attached hydrogen (secondary N) is 1. The fraction of sp³-hybridized carbons (Fsp3) is 0.889. The number of halogens is 1. The fourth-order valence-electron chi connectivity index (χ4n) is 2.82. The maximum atomic E-state index is 12.4. The molecule has 1 fully saturated rings. The molecule has 25 heavy (non-hydrogen) atoms. The number of amides is 2. The summed E-state index contributed by atoms with van der Waals surface area (Å²) in [6, 6.07) is -0.429. The van der Waals surface area contributed by atoms with E-state index in [-0.39, 0.29) is 42.2 Å². The molecule has 148 valence electrons. The van der Waals surface area contributed by atoms with Crippen LogP contribution < -0.4 is 11.1 Å². The molecule has 7 heteroatoms. The quantitative estimate of drug-likeness (QED) is 0.601. The number of nitrogens with zero attached hydrogens (tertiary/aromatic N) is 1. The van der Waals surface area contributed by atoms with Gasteiger partial charge in [0.15, 0.2) is 0 Å². The zero-order chi connectivity index (χ0) is 18.1. The summed E-state index contributed by atoms with van der Waals surface area (Å²) in [4.78, 5) is 26.4. The summed E-state index contributed by atoms with van der Waals surface area (Å²) in [6.45, 7) is 10.6. The molecule has 1 aliphatic heterocycles. The predicted octanol–water partition coefficient (Wildman–Crippen LogP) is 1.95. The van der Waals surface area contributed by atoms with Crippen molar-refractivity contribution in [3.8, 4) is 0 Å². The summed E-state index contributed by atoms with van der Waals surface area (Å²) < 4.78 is 5.45. The molecule has 2 atom stereocenters. The van der Waals surface area contributed by atoms with Crippen LogP contribution in [0.15, 0.2) is 0 Å². The Morgan fingerprint density at radius 1 is 1.24 bits per heavy atom. The molecule has 2 amide bonds. The van der Waals surface area contributed by atoms with Crippen LogP contribution in [0.4, 0.5) is 0 Å². The summed E-state index contributed by atoms with van der Waals surface area (Å²) in [5.41, 5.74) is 6.03. The highest BCUT2D eigenvalue weighted by atomic mass is 35.5. The summed E-state index contributed by atoms with van der Waals surface area (Å²) in [5, 5.41) is 2.97. The van der Waals surface area contributed by atoms with Gasteiger partial charge in [0, 0.05) is 32.2 Å². The Kier molecular flexibility index (Phi) is 12.1. The van der Waals surface area contributed by atoms with Crippen LogP contribution >= 0.6 is 12.4 Å². The van der Waals surface area contributed by atoms with Gasteiger partial charge in [0.1, 0.15) is 0 Å². The van der Waals surface area contributed by atoms with Crippen LogP contribution in [-0.4, -0.2) is 55.1 Å². The molecule has 0 aliphatic carbocycles. The SMILES string of the molecule is CCC(C)C(N)C(=O)N1CCC(C(=O)NCCCOC(C)C)CC1.Cl. The Hall–Kier alpha value is -0.850.